The Hall–Kier alpha value is -0.810. The molecule has 0 aromatic heterocycles. The third kappa shape index (κ3) is 7.82. The number of carbonyl (C=O) groups is 1. The van der Waals surface area contributed by atoms with Gasteiger partial charge in [0.15, 0.2) is 0 Å². The number of hydrogen-bond acceptors (Lipinski definition) is 3. The molecule has 1 atom stereocenters. The van der Waals surface area contributed by atoms with Crippen molar-refractivity contribution in [2.75, 3.05) is 26.9 Å². The Morgan fingerprint density at radius 3 is 2.86 bits per heavy atom. The highest BCUT2D eigenvalue weighted by Gasteiger charge is 2.05. The van der Waals surface area contributed by atoms with Crippen molar-refractivity contribution in [1.82, 2.24) is 10.6 Å². The lowest BCUT2D eigenvalue weighted by Gasteiger charge is -2.13. The smallest absolute Gasteiger partial charge is 0.314 e. The number of amides is 2. The van der Waals surface area contributed by atoms with E-state index >= 15 is 0 Å². The average Bonchev–Trinajstić information content (AvgIpc) is 2.15. The summed E-state index contributed by atoms with van der Waals surface area (Å²) in [6.07, 6.45) is 1.38. The van der Waals surface area contributed by atoms with E-state index in [0.29, 0.717) is 19.6 Å². The van der Waals surface area contributed by atoms with E-state index in [1.54, 1.807) is 7.11 Å². The zero-order valence-corrected chi connectivity index (χ0v) is 8.88. The summed E-state index contributed by atoms with van der Waals surface area (Å²) in [5.41, 5.74) is 0. The predicted octanol–water partition coefficient (Wildman–Crippen LogP) is 0.0930. The summed E-state index contributed by atoms with van der Waals surface area (Å²) in [7, 11) is 1.63. The van der Waals surface area contributed by atoms with Crippen LogP contribution in [0.25, 0.3) is 0 Å². The number of aliphatic hydroxyl groups is 1. The number of nitrogens with one attached hydrogen (secondary N) is 2. The zero-order valence-electron chi connectivity index (χ0n) is 8.88. The van der Waals surface area contributed by atoms with Crippen LogP contribution in [0.2, 0.25) is 0 Å². The molecule has 0 spiro atoms. The molecule has 0 aliphatic carbocycles. The highest BCUT2D eigenvalue weighted by molar-refractivity contribution is 5.74. The summed E-state index contributed by atoms with van der Waals surface area (Å²) in [6.45, 7) is 3.15. The molecular formula is C9H20N2O3. The largest absolute Gasteiger partial charge is 0.396 e. The Kier molecular flexibility index (Phi) is 8.27. The first kappa shape index (κ1) is 13.2. The van der Waals surface area contributed by atoms with Crippen molar-refractivity contribution in [2.45, 2.75) is 25.8 Å². The van der Waals surface area contributed by atoms with Crippen LogP contribution in [0.4, 0.5) is 4.79 Å². The van der Waals surface area contributed by atoms with Crippen LogP contribution in [0.15, 0.2) is 0 Å². The molecule has 1 unspecified atom stereocenters. The van der Waals surface area contributed by atoms with Gasteiger partial charge in [0.05, 0.1) is 0 Å². The van der Waals surface area contributed by atoms with Crippen molar-refractivity contribution in [3.8, 4) is 0 Å². The van der Waals surface area contributed by atoms with Crippen molar-refractivity contribution in [3.05, 3.63) is 0 Å². The van der Waals surface area contributed by atoms with Gasteiger partial charge in [0.1, 0.15) is 0 Å². The van der Waals surface area contributed by atoms with Gasteiger partial charge in [-0.05, 0) is 19.8 Å². The van der Waals surface area contributed by atoms with Crippen LogP contribution < -0.4 is 10.6 Å². The lowest BCUT2D eigenvalue weighted by molar-refractivity contribution is 0.184. The summed E-state index contributed by atoms with van der Waals surface area (Å²) in [5, 5.41) is 13.9. The molecule has 5 nitrogen and oxygen atoms in total. The zero-order chi connectivity index (χ0) is 10.8. The van der Waals surface area contributed by atoms with Crippen LogP contribution in [0.1, 0.15) is 19.8 Å². The molecule has 84 valence electrons. The molecule has 3 N–H and O–H groups in total. The Bertz CT molecular complexity index is 153. The first-order valence-corrected chi connectivity index (χ1v) is 4.85. The molecular weight excluding hydrogens is 184 g/mol. The van der Waals surface area contributed by atoms with E-state index in [9.17, 15) is 4.79 Å². The van der Waals surface area contributed by atoms with Gasteiger partial charge in [0, 0.05) is 32.9 Å². The summed E-state index contributed by atoms with van der Waals surface area (Å²) in [5.74, 6) is 0. The molecule has 0 aromatic carbocycles. The highest BCUT2D eigenvalue weighted by Crippen LogP contribution is 1.90. The van der Waals surface area contributed by atoms with Crippen molar-refractivity contribution in [3.63, 3.8) is 0 Å². The molecule has 2 amide bonds. The number of urea groups is 1. The van der Waals surface area contributed by atoms with Crippen LogP contribution in [0.3, 0.4) is 0 Å². The van der Waals surface area contributed by atoms with E-state index in [2.05, 4.69) is 10.6 Å². The maximum atomic E-state index is 11.1. The minimum atomic E-state index is -0.193. The molecule has 0 aliphatic heterocycles. The van der Waals surface area contributed by atoms with Crippen LogP contribution in [-0.4, -0.2) is 44.0 Å². The van der Waals surface area contributed by atoms with Crippen molar-refractivity contribution >= 4 is 6.03 Å². The lowest BCUT2D eigenvalue weighted by atomic mass is 10.2. The molecule has 0 heterocycles. The second-order valence-electron chi connectivity index (χ2n) is 3.16. The summed E-state index contributed by atoms with van der Waals surface area (Å²) < 4.78 is 4.89. The molecule has 5 heteroatoms. The van der Waals surface area contributed by atoms with Crippen LogP contribution in [-0.2, 0) is 4.74 Å². The van der Waals surface area contributed by atoms with Gasteiger partial charge in [-0.25, -0.2) is 4.79 Å². The fourth-order valence-electron chi connectivity index (χ4n) is 0.923. The van der Waals surface area contributed by atoms with Gasteiger partial charge >= 0.3 is 6.03 Å². The first-order valence-electron chi connectivity index (χ1n) is 4.85. The van der Waals surface area contributed by atoms with Gasteiger partial charge in [0.2, 0.25) is 0 Å². The SMILES string of the molecule is COCCC(C)NC(=O)NCCCO. The minimum absolute atomic E-state index is 0.0967. The van der Waals surface area contributed by atoms with E-state index in [1.165, 1.54) is 0 Å². The molecule has 0 radical (unpaired) electrons. The average molecular weight is 204 g/mol. The van der Waals surface area contributed by atoms with Gasteiger partial charge < -0.3 is 20.5 Å². The maximum Gasteiger partial charge on any atom is 0.314 e. The van der Waals surface area contributed by atoms with Gasteiger partial charge in [-0.2, -0.15) is 0 Å². The Labute approximate surface area is 84.8 Å². The molecule has 0 aromatic rings. The molecule has 14 heavy (non-hydrogen) atoms. The number of ether oxygens (including phenoxy) is 1. The molecule has 0 bridgehead atoms. The van der Waals surface area contributed by atoms with E-state index in [-0.39, 0.29) is 18.7 Å². The highest BCUT2D eigenvalue weighted by atomic mass is 16.5. The van der Waals surface area contributed by atoms with Crippen LogP contribution in [0.5, 0.6) is 0 Å². The van der Waals surface area contributed by atoms with Crippen molar-refractivity contribution in [2.24, 2.45) is 0 Å². The van der Waals surface area contributed by atoms with Gasteiger partial charge in [-0.15, -0.1) is 0 Å². The molecule has 0 rings (SSSR count). The van der Waals surface area contributed by atoms with Crippen LogP contribution in [0, 0.1) is 0 Å². The normalized spacial score (nSPS) is 12.2. The maximum absolute atomic E-state index is 11.1. The number of rotatable bonds is 7. The van der Waals surface area contributed by atoms with Gasteiger partial charge in [-0.3, -0.25) is 0 Å². The third-order valence-corrected chi connectivity index (χ3v) is 1.75. The van der Waals surface area contributed by atoms with E-state index in [0.717, 1.165) is 6.42 Å². The molecule has 0 aliphatic rings. The standard InChI is InChI=1S/C9H20N2O3/c1-8(4-7-14-2)11-9(13)10-5-3-6-12/h8,12H,3-7H2,1-2H3,(H2,10,11,13). The number of methoxy groups -OCH3 is 1. The summed E-state index contributed by atoms with van der Waals surface area (Å²) in [6, 6.07) is -0.0915. The minimum Gasteiger partial charge on any atom is -0.396 e. The topological polar surface area (TPSA) is 70.6 Å². The van der Waals surface area contributed by atoms with E-state index < -0.39 is 0 Å². The Morgan fingerprint density at radius 2 is 2.29 bits per heavy atom. The number of hydrogen-bond donors (Lipinski definition) is 3. The first-order chi connectivity index (χ1) is 6.70. The Morgan fingerprint density at radius 1 is 1.57 bits per heavy atom. The van der Waals surface area contributed by atoms with Crippen molar-refractivity contribution in [1.29, 1.82) is 0 Å². The van der Waals surface area contributed by atoms with E-state index in [4.69, 9.17) is 9.84 Å². The van der Waals surface area contributed by atoms with Gasteiger partial charge in [0.25, 0.3) is 0 Å². The molecule has 0 fully saturated rings. The monoisotopic (exact) mass is 204 g/mol. The fourth-order valence-corrected chi connectivity index (χ4v) is 0.923. The van der Waals surface area contributed by atoms with Gasteiger partial charge in [-0.1, -0.05) is 0 Å². The fraction of sp³-hybridized carbons (Fsp3) is 0.889. The quantitative estimate of drug-likeness (QED) is 0.515. The summed E-state index contributed by atoms with van der Waals surface area (Å²) >= 11 is 0. The predicted molar refractivity (Wildman–Crippen MR) is 54.2 cm³/mol. The van der Waals surface area contributed by atoms with Crippen molar-refractivity contribution < 1.29 is 14.6 Å². The molecule has 0 saturated heterocycles. The molecule has 0 saturated carbocycles. The number of aliphatic hydroxyl groups excluding tert-OH is 1. The number of carbonyl (C=O) groups excluding carboxylic acids is 1. The lowest BCUT2D eigenvalue weighted by Crippen LogP contribution is -2.41. The Balaban J connectivity index is 3.40. The third-order valence-electron chi connectivity index (χ3n) is 1.75. The summed E-state index contributed by atoms with van der Waals surface area (Å²) in [4.78, 5) is 11.1. The van der Waals surface area contributed by atoms with Crippen LogP contribution >= 0.6 is 0 Å². The second kappa shape index (κ2) is 8.77. The van der Waals surface area contributed by atoms with E-state index in [1.807, 2.05) is 6.92 Å². The second-order valence-corrected chi connectivity index (χ2v) is 3.16.